The van der Waals surface area contributed by atoms with Crippen LogP contribution in [0, 0.1) is 0 Å². The van der Waals surface area contributed by atoms with Crippen molar-refractivity contribution >= 4 is 11.6 Å². The lowest BCUT2D eigenvalue weighted by Crippen LogP contribution is -2.50. The van der Waals surface area contributed by atoms with E-state index in [0.717, 1.165) is 19.0 Å². The number of halogens is 1. The minimum atomic E-state index is 0.556. The lowest BCUT2D eigenvalue weighted by atomic mass is 10.2. The number of likely N-dealkylation sites (N-methyl/N-ethyl adjacent to an activating group) is 2. The Labute approximate surface area is 67.7 Å². The molecule has 1 heterocycles. The molecule has 1 saturated heterocycles. The van der Waals surface area contributed by atoms with Crippen LogP contribution in [0.3, 0.4) is 0 Å². The monoisotopic (exact) mass is 162 g/mol. The van der Waals surface area contributed by atoms with Gasteiger partial charge >= 0.3 is 0 Å². The normalized spacial score (nSPS) is 30.9. The van der Waals surface area contributed by atoms with Crippen molar-refractivity contribution in [2.24, 2.45) is 0 Å². The zero-order valence-corrected chi connectivity index (χ0v) is 7.43. The van der Waals surface area contributed by atoms with Crippen LogP contribution in [-0.2, 0) is 0 Å². The van der Waals surface area contributed by atoms with Crippen LogP contribution in [0.5, 0.6) is 0 Å². The molecule has 0 aromatic carbocycles. The van der Waals surface area contributed by atoms with E-state index in [9.17, 15) is 0 Å². The third-order valence-electron chi connectivity index (χ3n) is 2.16. The molecule has 3 heteroatoms. The molecule has 0 aromatic heterocycles. The molecule has 0 amide bonds. The Balaban J connectivity index is 2.38. The maximum atomic E-state index is 5.77. The van der Waals surface area contributed by atoms with Gasteiger partial charge in [0, 0.05) is 31.6 Å². The fraction of sp³-hybridized carbons (Fsp3) is 1.00. The molecule has 1 unspecified atom stereocenters. The molecule has 60 valence electrons. The van der Waals surface area contributed by atoms with Crippen LogP contribution in [0.4, 0.5) is 0 Å². The van der Waals surface area contributed by atoms with Crippen molar-refractivity contribution in [3.05, 3.63) is 0 Å². The smallest absolute Gasteiger partial charge is 0.0391 e. The van der Waals surface area contributed by atoms with E-state index in [1.165, 1.54) is 6.54 Å². The van der Waals surface area contributed by atoms with Gasteiger partial charge in [-0.25, -0.2) is 0 Å². The maximum absolute atomic E-state index is 5.77. The van der Waals surface area contributed by atoms with E-state index in [1.54, 1.807) is 0 Å². The van der Waals surface area contributed by atoms with Gasteiger partial charge in [-0.2, -0.15) is 0 Å². The van der Waals surface area contributed by atoms with Crippen molar-refractivity contribution in [3.8, 4) is 0 Å². The number of piperazine rings is 1. The number of nitrogens with zero attached hydrogens (tertiary/aromatic N) is 2. The first-order valence-corrected chi connectivity index (χ1v) is 4.22. The van der Waals surface area contributed by atoms with Crippen LogP contribution in [0.15, 0.2) is 0 Å². The molecule has 0 radical (unpaired) electrons. The molecule has 2 nitrogen and oxygen atoms in total. The Kier molecular flexibility index (Phi) is 2.96. The first kappa shape index (κ1) is 8.31. The molecule has 0 saturated carbocycles. The van der Waals surface area contributed by atoms with E-state index in [1.807, 2.05) is 0 Å². The molecule has 1 aliphatic heterocycles. The summed E-state index contributed by atoms with van der Waals surface area (Å²) >= 11 is 5.77. The highest BCUT2D eigenvalue weighted by Gasteiger charge is 2.20. The zero-order valence-electron chi connectivity index (χ0n) is 6.68. The summed E-state index contributed by atoms with van der Waals surface area (Å²) in [4.78, 5) is 4.65. The highest BCUT2D eigenvalue weighted by molar-refractivity contribution is 6.18. The van der Waals surface area contributed by atoms with Gasteiger partial charge in [0.1, 0.15) is 0 Å². The predicted octanol–water partition coefficient (Wildman–Crippen LogP) is 0.471. The van der Waals surface area contributed by atoms with Gasteiger partial charge in [0.2, 0.25) is 0 Å². The van der Waals surface area contributed by atoms with Crippen molar-refractivity contribution in [2.75, 3.05) is 39.6 Å². The number of alkyl halides is 1. The SMILES string of the molecule is CN1CCN(C)C(CCl)C1. The number of rotatable bonds is 1. The van der Waals surface area contributed by atoms with Gasteiger partial charge in [0.05, 0.1) is 0 Å². The fourth-order valence-electron chi connectivity index (χ4n) is 1.27. The van der Waals surface area contributed by atoms with Gasteiger partial charge < -0.3 is 4.90 Å². The summed E-state index contributed by atoms with van der Waals surface area (Å²) in [5.41, 5.74) is 0. The van der Waals surface area contributed by atoms with Crippen LogP contribution >= 0.6 is 11.6 Å². The quantitative estimate of drug-likeness (QED) is 0.518. The molecule has 0 aromatic rings. The Bertz CT molecular complexity index is 108. The van der Waals surface area contributed by atoms with Gasteiger partial charge in [-0.3, -0.25) is 4.90 Å². The van der Waals surface area contributed by atoms with Crippen molar-refractivity contribution in [3.63, 3.8) is 0 Å². The molecule has 1 atom stereocenters. The van der Waals surface area contributed by atoms with E-state index in [0.29, 0.717) is 6.04 Å². The number of hydrogen-bond donors (Lipinski definition) is 0. The molecule has 0 spiro atoms. The van der Waals surface area contributed by atoms with Crippen LogP contribution in [0.25, 0.3) is 0 Å². The molecular weight excluding hydrogens is 148 g/mol. The molecule has 1 aliphatic rings. The summed E-state index contributed by atoms with van der Waals surface area (Å²) in [6.45, 7) is 3.43. The highest BCUT2D eigenvalue weighted by Crippen LogP contribution is 2.06. The van der Waals surface area contributed by atoms with Crippen LogP contribution < -0.4 is 0 Å². The molecule has 10 heavy (non-hydrogen) atoms. The van der Waals surface area contributed by atoms with Gasteiger partial charge in [-0.1, -0.05) is 0 Å². The lowest BCUT2D eigenvalue weighted by Gasteiger charge is -2.36. The first-order valence-electron chi connectivity index (χ1n) is 3.69. The van der Waals surface area contributed by atoms with Crippen LogP contribution in [-0.4, -0.2) is 55.5 Å². The average Bonchev–Trinajstić information content (AvgIpc) is 1.94. The zero-order chi connectivity index (χ0) is 7.56. The third kappa shape index (κ3) is 1.84. The molecule has 1 fully saturated rings. The molecular formula is C7H15ClN2. The van der Waals surface area contributed by atoms with Crippen LogP contribution in [0.2, 0.25) is 0 Å². The van der Waals surface area contributed by atoms with E-state index in [2.05, 4.69) is 23.9 Å². The second-order valence-corrected chi connectivity index (χ2v) is 3.36. The summed E-state index contributed by atoms with van der Waals surface area (Å²) in [7, 11) is 4.28. The number of hydrogen-bond acceptors (Lipinski definition) is 2. The molecule has 0 N–H and O–H groups in total. The fourth-order valence-corrected chi connectivity index (χ4v) is 1.60. The minimum absolute atomic E-state index is 0.556. The van der Waals surface area contributed by atoms with Crippen molar-refractivity contribution in [1.29, 1.82) is 0 Å². The van der Waals surface area contributed by atoms with Crippen LogP contribution in [0.1, 0.15) is 0 Å². The van der Waals surface area contributed by atoms with Gasteiger partial charge in [0.15, 0.2) is 0 Å². The summed E-state index contributed by atoms with van der Waals surface area (Å²) in [6, 6.07) is 0.556. The lowest BCUT2D eigenvalue weighted by molar-refractivity contribution is 0.127. The summed E-state index contributed by atoms with van der Waals surface area (Å²) < 4.78 is 0. The van der Waals surface area contributed by atoms with E-state index in [4.69, 9.17) is 11.6 Å². The summed E-state index contributed by atoms with van der Waals surface area (Å²) in [6.07, 6.45) is 0. The van der Waals surface area contributed by atoms with Gasteiger partial charge in [-0.15, -0.1) is 11.6 Å². The Morgan fingerprint density at radius 2 is 2.10 bits per heavy atom. The van der Waals surface area contributed by atoms with E-state index < -0.39 is 0 Å². The standard InChI is InChI=1S/C7H15ClN2/c1-9-3-4-10(2)7(5-8)6-9/h7H,3-6H2,1-2H3. The van der Waals surface area contributed by atoms with Gasteiger partial charge in [0.25, 0.3) is 0 Å². The summed E-state index contributed by atoms with van der Waals surface area (Å²) in [5.74, 6) is 0.751. The minimum Gasteiger partial charge on any atom is -0.303 e. The highest BCUT2D eigenvalue weighted by atomic mass is 35.5. The molecule has 0 aliphatic carbocycles. The molecule has 1 rings (SSSR count). The topological polar surface area (TPSA) is 6.48 Å². The Morgan fingerprint density at radius 3 is 2.60 bits per heavy atom. The molecule has 0 bridgehead atoms. The maximum Gasteiger partial charge on any atom is 0.0391 e. The van der Waals surface area contributed by atoms with Gasteiger partial charge in [-0.05, 0) is 14.1 Å². The third-order valence-corrected chi connectivity index (χ3v) is 2.51. The first-order chi connectivity index (χ1) is 4.74. The van der Waals surface area contributed by atoms with E-state index >= 15 is 0 Å². The predicted molar refractivity (Wildman–Crippen MR) is 44.6 cm³/mol. The van der Waals surface area contributed by atoms with Crippen molar-refractivity contribution < 1.29 is 0 Å². The second-order valence-electron chi connectivity index (χ2n) is 3.05. The van der Waals surface area contributed by atoms with Crippen molar-refractivity contribution in [1.82, 2.24) is 9.80 Å². The largest absolute Gasteiger partial charge is 0.303 e. The Morgan fingerprint density at radius 1 is 1.40 bits per heavy atom. The summed E-state index contributed by atoms with van der Waals surface area (Å²) in [5, 5.41) is 0. The van der Waals surface area contributed by atoms with E-state index in [-0.39, 0.29) is 0 Å². The second kappa shape index (κ2) is 3.56. The van der Waals surface area contributed by atoms with Crippen molar-refractivity contribution in [2.45, 2.75) is 6.04 Å². The average molecular weight is 163 g/mol. The Hall–Kier alpha value is 0.210.